The Morgan fingerprint density at radius 3 is 2.47 bits per heavy atom. The third-order valence-electron chi connectivity index (χ3n) is 8.24. The van der Waals surface area contributed by atoms with Crippen molar-refractivity contribution in [2.45, 2.75) is 77.4 Å². The summed E-state index contributed by atoms with van der Waals surface area (Å²) in [5.41, 5.74) is 4.14. The van der Waals surface area contributed by atoms with E-state index in [0.717, 1.165) is 60.4 Å². The fourth-order valence-electron chi connectivity index (χ4n) is 6.30. The molecule has 2 heterocycles. The number of amides is 1. The average Bonchev–Trinajstić information content (AvgIpc) is 3.69. The standard InChI is InChI=1S/C32H38N2O3S/c1-21-15-25(18-27(16-21)32(37)34-14-8-13-28(34)31-33-22(2)20-38-31)29(35)19-26(17-23-9-4-3-5-10-23)30(36)24-11-6-7-12-24/h3-5,9-10,15-16,18,20,24,26,28,30,36H,6-8,11-14,17,19H2,1-2H3/t26-,28-,30-/m1/s1. The van der Waals surface area contributed by atoms with Crippen molar-refractivity contribution in [2.75, 3.05) is 6.54 Å². The molecular weight excluding hydrogens is 492 g/mol. The highest BCUT2D eigenvalue weighted by atomic mass is 32.1. The fourth-order valence-corrected chi connectivity index (χ4v) is 7.24. The number of aliphatic hydroxyl groups is 1. The summed E-state index contributed by atoms with van der Waals surface area (Å²) in [5.74, 6) is 0.0655. The zero-order valence-corrected chi connectivity index (χ0v) is 23.3. The van der Waals surface area contributed by atoms with E-state index in [1.54, 1.807) is 17.4 Å². The number of hydrogen-bond acceptors (Lipinski definition) is 5. The monoisotopic (exact) mass is 530 g/mol. The molecule has 1 saturated carbocycles. The molecule has 3 atom stereocenters. The lowest BCUT2D eigenvalue weighted by Gasteiger charge is -2.27. The number of ketones is 1. The van der Waals surface area contributed by atoms with Gasteiger partial charge in [-0.1, -0.05) is 43.2 Å². The van der Waals surface area contributed by atoms with Crippen LogP contribution in [0.2, 0.25) is 0 Å². The number of nitrogens with zero attached hydrogens (tertiary/aromatic N) is 2. The number of rotatable bonds is 9. The van der Waals surface area contributed by atoms with E-state index in [1.165, 1.54) is 0 Å². The van der Waals surface area contributed by atoms with Crippen molar-refractivity contribution in [3.8, 4) is 0 Å². The van der Waals surface area contributed by atoms with Gasteiger partial charge in [0.25, 0.3) is 5.91 Å². The van der Waals surface area contributed by atoms with Crippen LogP contribution in [0.3, 0.4) is 0 Å². The van der Waals surface area contributed by atoms with Crippen LogP contribution in [0.1, 0.15) is 93.5 Å². The minimum atomic E-state index is -0.500. The van der Waals surface area contributed by atoms with Gasteiger partial charge in [0.15, 0.2) is 5.78 Å². The Morgan fingerprint density at radius 1 is 1.03 bits per heavy atom. The first-order valence-electron chi connectivity index (χ1n) is 14.0. The molecule has 0 radical (unpaired) electrons. The second kappa shape index (κ2) is 11.9. The Labute approximate surface area is 229 Å². The molecule has 0 bridgehead atoms. The van der Waals surface area contributed by atoms with E-state index < -0.39 is 6.10 Å². The maximum Gasteiger partial charge on any atom is 0.254 e. The molecule has 2 fully saturated rings. The molecule has 0 unspecified atom stereocenters. The summed E-state index contributed by atoms with van der Waals surface area (Å²) in [5, 5.41) is 14.3. The van der Waals surface area contributed by atoms with E-state index in [9.17, 15) is 14.7 Å². The largest absolute Gasteiger partial charge is 0.393 e. The quantitative estimate of drug-likeness (QED) is 0.312. The van der Waals surface area contributed by atoms with Crippen molar-refractivity contribution in [1.82, 2.24) is 9.88 Å². The van der Waals surface area contributed by atoms with E-state index in [0.29, 0.717) is 24.1 Å². The average molecular weight is 531 g/mol. The van der Waals surface area contributed by atoms with Crippen molar-refractivity contribution in [3.05, 3.63) is 86.9 Å². The van der Waals surface area contributed by atoms with Gasteiger partial charge in [-0.2, -0.15) is 0 Å². The van der Waals surface area contributed by atoms with Gasteiger partial charge in [-0.25, -0.2) is 4.98 Å². The third kappa shape index (κ3) is 6.08. The predicted molar refractivity (Wildman–Crippen MR) is 152 cm³/mol. The molecule has 0 spiro atoms. The van der Waals surface area contributed by atoms with Crippen LogP contribution in [-0.2, 0) is 6.42 Å². The number of Topliss-reactive ketones (excluding diaryl/α,β-unsaturated/α-hetero) is 1. The summed E-state index contributed by atoms with van der Waals surface area (Å²) in [6.07, 6.45) is 6.66. The van der Waals surface area contributed by atoms with E-state index in [-0.39, 0.29) is 36.0 Å². The Bertz CT molecular complexity index is 1260. The maximum absolute atomic E-state index is 13.7. The smallest absolute Gasteiger partial charge is 0.254 e. The highest BCUT2D eigenvalue weighted by Crippen LogP contribution is 2.36. The van der Waals surface area contributed by atoms with Crippen LogP contribution in [0.4, 0.5) is 0 Å². The minimum Gasteiger partial charge on any atom is -0.393 e. The number of benzene rings is 2. The molecule has 38 heavy (non-hydrogen) atoms. The van der Waals surface area contributed by atoms with Gasteiger partial charge >= 0.3 is 0 Å². The molecule has 200 valence electrons. The zero-order chi connectivity index (χ0) is 26.6. The van der Waals surface area contributed by atoms with Crippen LogP contribution in [0.25, 0.3) is 0 Å². The molecule has 2 aliphatic rings. The molecular formula is C32H38N2O3S. The van der Waals surface area contributed by atoms with Gasteiger partial charge in [0.1, 0.15) is 5.01 Å². The lowest BCUT2D eigenvalue weighted by Crippen LogP contribution is -2.32. The number of carbonyl (C=O) groups excluding carboxylic acids is 2. The fraction of sp³-hybridized carbons (Fsp3) is 0.469. The second-order valence-corrected chi connectivity index (χ2v) is 12.1. The topological polar surface area (TPSA) is 70.5 Å². The van der Waals surface area contributed by atoms with E-state index in [2.05, 4.69) is 17.1 Å². The number of aromatic nitrogens is 1. The molecule has 6 heteroatoms. The Morgan fingerprint density at radius 2 is 1.76 bits per heavy atom. The zero-order valence-electron chi connectivity index (χ0n) is 22.4. The van der Waals surface area contributed by atoms with E-state index in [1.807, 2.05) is 54.5 Å². The lowest BCUT2D eigenvalue weighted by molar-refractivity contribution is 0.0456. The number of aryl methyl sites for hydroxylation is 2. The first-order valence-corrected chi connectivity index (χ1v) is 14.9. The normalized spacial score (nSPS) is 19.6. The van der Waals surface area contributed by atoms with Crippen LogP contribution < -0.4 is 0 Å². The van der Waals surface area contributed by atoms with Crippen LogP contribution in [0.5, 0.6) is 0 Å². The first-order chi connectivity index (χ1) is 18.4. The Balaban J connectivity index is 1.36. The summed E-state index contributed by atoms with van der Waals surface area (Å²) >= 11 is 1.61. The first kappa shape index (κ1) is 26.8. The highest BCUT2D eigenvalue weighted by molar-refractivity contribution is 7.09. The maximum atomic E-state index is 13.7. The molecule has 5 nitrogen and oxygen atoms in total. The Kier molecular flexibility index (Phi) is 8.39. The van der Waals surface area contributed by atoms with Crippen LogP contribution in [0, 0.1) is 25.7 Å². The summed E-state index contributed by atoms with van der Waals surface area (Å²) in [6.45, 7) is 4.62. The van der Waals surface area contributed by atoms with Crippen LogP contribution in [0.15, 0.2) is 53.9 Å². The molecule has 1 N–H and O–H groups in total. The lowest BCUT2D eigenvalue weighted by atomic mass is 9.81. The van der Waals surface area contributed by atoms with Gasteiger partial charge in [-0.3, -0.25) is 9.59 Å². The van der Waals surface area contributed by atoms with Crippen LogP contribution >= 0.6 is 11.3 Å². The van der Waals surface area contributed by atoms with E-state index >= 15 is 0 Å². The summed E-state index contributed by atoms with van der Waals surface area (Å²) in [4.78, 5) is 33.9. The van der Waals surface area contributed by atoms with E-state index in [4.69, 9.17) is 0 Å². The van der Waals surface area contributed by atoms with Crippen molar-refractivity contribution in [1.29, 1.82) is 0 Å². The molecule has 1 saturated heterocycles. The van der Waals surface area contributed by atoms with Gasteiger partial charge in [0, 0.05) is 35.2 Å². The van der Waals surface area contributed by atoms with Gasteiger partial charge in [0.05, 0.1) is 12.1 Å². The second-order valence-electron chi connectivity index (χ2n) is 11.2. The summed E-state index contributed by atoms with van der Waals surface area (Å²) < 4.78 is 0. The van der Waals surface area contributed by atoms with Crippen molar-refractivity contribution < 1.29 is 14.7 Å². The summed E-state index contributed by atoms with van der Waals surface area (Å²) in [6, 6.07) is 15.7. The van der Waals surface area contributed by atoms with Gasteiger partial charge in [-0.15, -0.1) is 11.3 Å². The van der Waals surface area contributed by atoms with Crippen molar-refractivity contribution in [3.63, 3.8) is 0 Å². The number of hydrogen-bond donors (Lipinski definition) is 1. The van der Waals surface area contributed by atoms with Crippen molar-refractivity contribution >= 4 is 23.0 Å². The molecule has 1 amide bonds. The minimum absolute atomic E-state index is 0.00215. The van der Waals surface area contributed by atoms with Crippen LogP contribution in [-0.4, -0.2) is 39.3 Å². The number of carbonyl (C=O) groups is 2. The summed E-state index contributed by atoms with van der Waals surface area (Å²) in [7, 11) is 0. The molecule has 5 rings (SSSR count). The van der Waals surface area contributed by atoms with Gasteiger partial charge < -0.3 is 10.0 Å². The predicted octanol–water partition coefficient (Wildman–Crippen LogP) is 6.72. The Hall–Kier alpha value is -2.83. The molecule has 3 aromatic rings. The molecule has 1 aliphatic carbocycles. The third-order valence-corrected chi connectivity index (χ3v) is 9.30. The highest BCUT2D eigenvalue weighted by Gasteiger charge is 2.34. The molecule has 1 aromatic heterocycles. The number of thiazole rings is 1. The molecule has 1 aliphatic heterocycles. The SMILES string of the molecule is Cc1cc(C(=O)C[C@@H](Cc2ccccc2)[C@H](O)C2CCCC2)cc(C(=O)N2CCC[C@@H]2c2nc(C)cs2)c1. The van der Waals surface area contributed by atoms with Gasteiger partial charge in [-0.05, 0) is 87.1 Å². The van der Waals surface area contributed by atoms with Gasteiger partial charge in [0.2, 0.25) is 0 Å². The molecule has 2 aromatic carbocycles. The van der Waals surface area contributed by atoms with Crippen molar-refractivity contribution in [2.24, 2.45) is 11.8 Å². The number of aliphatic hydroxyl groups excluding tert-OH is 1. The number of likely N-dealkylation sites (tertiary alicyclic amines) is 1.